The van der Waals surface area contributed by atoms with E-state index in [2.05, 4.69) is 30.8 Å². The minimum atomic E-state index is -0.517. The average molecular weight is 411 g/mol. The number of benzene rings is 2. The van der Waals surface area contributed by atoms with E-state index in [1.165, 1.54) is 29.2 Å². The van der Waals surface area contributed by atoms with Crippen molar-refractivity contribution in [2.45, 2.75) is 12.5 Å². The summed E-state index contributed by atoms with van der Waals surface area (Å²) in [7, 11) is 0. The minimum Gasteiger partial charge on any atom is -0.342 e. The molecule has 0 aliphatic rings. The van der Waals surface area contributed by atoms with E-state index >= 15 is 0 Å². The Balaban J connectivity index is 1.66. The van der Waals surface area contributed by atoms with E-state index in [0.29, 0.717) is 17.9 Å². The lowest BCUT2D eigenvalue weighted by molar-refractivity contribution is 0.0933. The number of nitrogens with one attached hydrogen (secondary N) is 2. The van der Waals surface area contributed by atoms with Crippen molar-refractivity contribution < 1.29 is 9.18 Å². The van der Waals surface area contributed by atoms with Crippen molar-refractivity contribution in [1.82, 2.24) is 35.5 Å². The Kier molecular flexibility index (Phi) is 5.52. The predicted octanol–water partition coefficient (Wildman–Crippen LogP) is 2.90. The fourth-order valence-corrected chi connectivity index (χ4v) is 3.52. The van der Waals surface area contributed by atoms with Crippen molar-refractivity contribution in [3.63, 3.8) is 0 Å². The van der Waals surface area contributed by atoms with Gasteiger partial charge in [0.1, 0.15) is 18.0 Å². The highest BCUT2D eigenvalue weighted by atomic mass is 32.2. The number of para-hydroxylation sites is 2. The first-order valence-electron chi connectivity index (χ1n) is 8.93. The predicted molar refractivity (Wildman–Crippen MR) is 108 cm³/mol. The van der Waals surface area contributed by atoms with Crippen LogP contribution in [0.15, 0.2) is 48.8 Å². The number of hydrogen-bond donors (Lipinski definition) is 2. The molecule has 0 fully saturated rings. The molecule has 0 spiro atoms. The second kappa shape index (κ2) is 8.39. The molecule has 0 saturated heterocycles. The topological polar surface area (TPSA) is 101 Å². The molecule has 29 heavy (non-hydrogen) atoms. The molecule has 4 aromatic rings. The lowest BCUT2D eigenvalue weighted by Gasteiger charge is -2.17. The van der Waals surface area contributed by atoms with Gasteiger partial charge in [-0.05, 0) is 59.2 Å². The van der Waals surface area contributed by atoms with Crippen LogP contribution in [-0.2, 0) is 0 Å². The molecule has 0 aliphatic heterocycles. The van der Waals surface area contributed by atoms with E-state index in [-0.39, 0.29) is 11.6 Å². The minimum absolute atomic E-state index is 0.141. The third kappa shape index (κ3) is 4.11. The molecule has 8 nitrogen and oxygen atoms in total. The number of aromatic amines is 1. The van der Waals surface area contributed by atoms with Gasteiger partial charge in [0.25, 0.3) is 5.91 Å². The Bertz CT molecular complexity index is 1100. The number of rotatable bonds is 7. The van der Waals surface area contributed by atoms with Gasteiger partial charge in [-0.15, -0.1) is 5.10 Å². The van der Waals surface area contributed by atoms with E-state index in [4.69, 9.17) is 0 Å². The average Bonchev–Trinajstić information content (AvgIpc) is 3.40. The zero-order chi connectivity index (χ0) is 20.2. The maximum Gasteiger partial charge on any atom is 0.254 e. The lowest BCUT2D eigenvalue weighted by atomic mass is 10.1. The SMILES string of the molecule is CSCC[C@@H](NC(=O)c1cc(F)ccc1-n1cnnn1)c1nc2ccccc2[nH]1. The summed E-state index contributed by atoms with van der Waals surface area (Å²) >= 11 is 1.67. The second-order valence-electron chi connectivity index (χ2n) is 6.36. The number of amides is 1. The zero-order valence-corrected chi connectivity index (χ0v) is 16.4. The number of nitrogens with zero attached hydrogens (tertiary/aromatic N) is 5. The summed E-state index contributed by atoms with van der Waals surface area (Å²) in [4.78, 5) is 20.9. The molecule has 0 unspecified atom stereocenters. The number of imidazole rings is 1. The summed E-state index contributed by atoms with van der Waals surface area (Å²) in [6.45, 7) is 0. The molecule has 148 valence electrons. The van der Waals surface area contributed by atoms with Gasteiger partial charge in [0.2, 0.25) is 0 Å². The van der Waals surface area contributed by atoms with E-state index < -0.39 is 11.7 Å². The Hall–Kier alpha value is -3.27. The van der Waals surface area contributed by atoms with Crippen molar-refractivity contribution in [3.05, 3.63) is 66.0 Å². The van der Waals surface area contributed by atoms with E-state index in [9.17, 15) is 9.18 Å². The van der Waals surface area contributed by atoms with Crippen molar-refractivity contribution in [1.29, 1.82) is 0 Å². The maximum atomic E-state index is 13.9. The summed E-state index contributed by atoms with van der Waals surface area (Å²) in [5.41, 5.74) is 2.25. The third-order valence-electron chi connectivity index (χ3n) is 4.45. The summed E-state index contributed by atoms with van der Waals surface area (Å²) in [6, 6.07) is 11.2. The molecule has 1 atom stereocenters. The van der Waals surface area contributed by atoms with Crippen LogP contribution in [0.1, 0.15) is 28.6 Å². The van der Waals surface area contributed by atoms with Crippen molar-refractivity contribution in [3.8, 4) is 5.69 Å². The molecule has 0 aliphatic carbocycles. The van der Waals surface area contributed by atoms with Crippen LogP contribution in [0, 0.1) is 5.82 Å². The monoisotopic (exact) mass is 411 g/mol. The number of aromatic nitrogens is 6. The Morgan fingerprint density at radius 2 is 2.17 bits per heavy atom. The summed E-state index contributed by atoms with van der Waals surface area (Å²) in [6.07, 6.45) is 4.02. The largest absolute Gasteiger partial charge is 0.342 e. The number of H-pyrrole nitrogens is 1. The van der Waals surface area contributed by atoms with Gasteiger partial charge in [0, 0.05) is 0 Å². The van der Waals surface area contributed by atoms with Crippen LogP contribution in [0.2, 0.25) is 0 Å². The number of hydrogen-bond acceptors (Lipinski definition) is 6. The van der Waals surface area contributed by atoms with Crippen LogP contribution in [0.3, 0.4) is 0 Å². The highest BCUT2D eigenvalue weighted by molar-refractivity contribution is 7.98. The van der Waals surface area contributed by atoms with Gasteiger partial charge in [-0.3, -0.25) is 4.79 Å². The van der Waals surface area contributed by atoms with Crippen LogP contribution in [-0.4, -0.2) is 48.1 Å². The highest BCUT2D eigenvalue weighted by Crippen LogP contribution is 2.22. The number of fused-ring (bicyclic) bond motifs is 1. The number of carbonyl (C=O) groups excluding carboxylic acids is 1. The van der Waals surface area contributed by atoms with Gasteiger partial charge in [0.15, 0.2) is 0 Å². The number of thioether (sulfide) groups is 1. The van der Waals surface area contributed by atoms with Crippen LogP contribution in [0.5, 0.6) is 0 Å². The third-order valence-corrected chi connectivity index (χ3v) is 5.10. The second-order valence-corrected chi connectivity index (χ2v) is 7.35. The Labute approximate surface area is 169 Å². The maximum absolute atomic E-state index is 13.9. The molecular formula is C19H18FN7OS. The summed E-state index contributed by atoms with van der Waals surface area (Å²) in [5.74, 6) is 0.539. The van der Waals surface area contributed by atoms with Gasteiger partial charge in [-0.25, -0.2) is 9.37 Å². The smallest absolute Gasteiger partial charge is 0.254 e. The molecule has 0 radical (unpaired) electrons. The molecule has 2 heterocycles. The van der Waals surface area contributed by atoms with Crippen molar-refractivity contribution in [2.24, 2.45) is 0 Å². The molecule has 0 bridgehead atoms. The Morgan fingerprint density at radius 1 is 1.31 bits per heavy atom. The van der Waals surface area contributed by atoms with Gasteiger partial charge in [-0.1, -0.05) is 12.1 Å². The highest BCUT2D eigenvalue weighted by Gasteiger charge is 2.22. The van der Waals surface area contributed by atoms with Gasteiger partial charge in [-0.2, -0.15) is 16.4 Å². The number of halogens is 1. The summed E-state index contributed by atoms with van der Waals surface area (Å²) in [5, 5.41) is 14.0. The van der Waals surface area contributed by atoms with E-state index in [0.717, 1.165) is 16.8 Å². The standard InChI is InChI=1S/C19H18FN7OS/c1-29-9-8-16(18-22-14-4-2-3-5-15(14)23-18)24-19(28)13-10-12(20)6-7-17(13)27-11-21-25-26-27/h2-7,10-11,16H,8-9H2,1H3,(H,22,23)(H,24,28)/t16-/m1/s1. The van der Waals surface area contributed by atoms with E-state index in [1.54, 1.807) is 11.8 Å². The first-order valence-corrected chi connectivity index (χ1v) is 10.3. The molecule has 2 aromatic heterocycles. The van der Waals surface area contributed by atoms with Crippen LogP contribution < -0.4 is 5.32 Å². The Morgan fingerprint density at radius 3 is 2.93 bits per heavy atom. The van der Waals surface area contributed by atoms with Gasteiger partial charge >= 0.3 is 0 Å². The van der Waals surface area contributed by atoms with Crippen molar-refractivity contribution >= 4 is 28.7 Å². The first-order chi connectivity index (χ1) is 14.2. The van der Waals surface area contributed by atoms with Gasteiger partial charge < -0.3 is 10.3 Å². The number of tetrazole rings is 1. The molecule has 2 N–H and O–H groups in total. The summed E-state index contributed by atoms with van der Waals surface area (Å²) < 4.78 is 15.2. The molecule has 1 amide bonds. The van der Waals surface area contributed by atoms with E-state index in [1.807, 2.05) is 30.5 Å². The first kappa shape index (κ1) is 19.1. The molecule has 4 rings (SSSR count). The van der Waals surface area contributed by atoms with Crippen LogP contribution >= 0.6 is 11.8 Å². The van der Waals surface area contributed by atoms with Gasteiger partial charge in [0.05, 0.1) is 28.3 Å². The zero-order valence-electron chi connectivity index (χ0n) is 15.5. The van der Waals surface area contributed by atoms with Crippen LogP contribution in [0.25, 0.3) is 16.7 Å². The van der Waals surface area contributed by atoms with Crippen molar-refractivity contribution in [2.75, 3.05) is 12.0 Å². The normalized spacial score (nSPS) is 12.2. The molecule has 0 saturated carbocycles. The fourth-order valence-electron chi connectivity index (χ4n) is 3.05. The lowest BCUT2D eigenvalue weighted by Crippen LogP contribution is -2.30. The molecule has 10 heteroatoms. The fraction of sp³-hybridized carbons (Fsp3) is 0.211. The number of carbonyl (C=O) groups is 1. The molecule has 2 aromatic carbocycles. The van der Waals surface area contributed by atoms with Crippen LogP contribution in [0.4, 0.5) is 4.39 Å². The molecular weight excluding hydrogens is 393 g/mol. The quantitative estimate of drug-likeness (QED) is 0.485.